The predicted octanol–water partition coefficient (Wildman–Crippen LogP) is 7.45. The van der Waals surface area contributed by atoms with Crippen LogP contribution in [0.4, 0.5) is 0 Å². The molecule has 1 unspecified atom stereocenters. The highest BCUT2D eigenvalue weighted by Crippen LogP contribution is 2.42. The van der Waals surface area contributed by atoms with Crippen molar-refractivity contribution in [2.75, 3.05) is 0 Å². The van der Waals surface area contributed by atoms with Gasteiger partial charge in [0.1, 0.15) is 24.2 Å². The van der Waals surface area contributed by atoms with E-state index in [9.17, 15) is 4.79 Å². The predicted molar refractivity (Wildman–Crippen MR) is 125 cm³/mol. The second-order valence-corrected chi connectivity index (χ2v) is 8.87. The maximum atomic E-state index is 11.9. The number of carbonyl (C=O) groups is 1. The second-order valence-electron chi connectivity index (χ2n) is 8.87. The van der Waals surface area contributed by atoms with Crippen molar-refractivity contribution in [3.63, 3.8) is 0 Å². The minimum Gasteiger partial charge on any atom is -0.488 e. The number of para-hydroxylation sites is 2. The fourth-order valence-corrected chi connectivity index (χ4v) is 4.32. The van der Waals surface area contributed by atoms with E-state index >= 15 is 0 Å². The van der Waals surface area contributed by atoms with Crippen LogP contribution in [0.15, 0.2) is 54.6 Å². The molecule has 3 heteroatoms. The first-order chi connectivity index (χ1) is 14.9. The van der Waals surface area contributed by atoms with Crippen LogP contribution in [0.3, 0.4) is 0 Å². The maximum absolute atomic E-state index is 11.9. The van der Waals surface area contributed by atoms with Crippen LogP contribution >= 0.6 is 0 Å². The van der Waals surface area contributed by atoms with Crippen molar-refractivity contribution in [1.82, 2.24) is 0 Å². The fourth-order valence-electron chi connectivity index (χ4n) is 4.32. The van der Waals surface area contributed by atoms with Gasteiger partial charge in [0.15, 0.2) is 6.29 Å². The summed E-state index contributed by atoms with van der Waals surface area (Å²) >= 11 is 0. The molecule has 160 valence electrons. The third-order valence-electron chi connectivity index (χ3n) is 6.08. The zero-order valence-electron chi connectivity index (χ0n) is 18.9. The highest BCUT2D eigenvalue weighted by Gasteiger charge is 2.25. The molecule has 3 nitrogen and oxygen atoms in total. The Labute approximate surface area is 185 Å². The smallest absolute Gasteiger partial charge is 0.153 e. The lowest BCUT2D eigenvalue weighted by atomic mass is 9.86. The SMILES string of the molecule is CC(C)c1cc(C(C)C)c2c(c1)C(C)Oc1c(C=O)cccc1-c1ccccc1OC2. The molecule has 0 aliphatic carbocycles. The highest BCUT2D eigenvalue weighted by atomic mass is 16.5. The number of ether oxygens (including phenoxy) is 2. The summed E-state index contributed by atoms with van der Waals surface area (Å²) in [6, 6.07) is 18.2. The van der Waals surface area contributed by atoms with E-state index in [1.807, 2.05) is 36.4 Å². The Kier molecular flexibility index (Phi) is 5.86. The summed E-state index contributed by atoms with van der Waals surface area (Å²) in [5, 5.41) is 0. The van der Waals surface area contributed by atoms with Crippen LogP contribution in [0.2, 0.25) is 0 Å². The largest absolute Gasteiger partial charge is 0.488 e. The van der Waals surface area contributed by atoms with E-state index in [0.29, 0.717) is 29.8 Å². The molecule has 0 spiro atoms. The molecule has 0 N–H and O–H groups in total. The number of hydrogen-bond donors (Lipinski definition) is 0. The van der Waals surface area contributed by atoms with Gasteiger partial charge in [0.05, 0.1) is 5.56 Å². The second kappa shape index (κ2) is 8.58. The first kappa shape index (κ1) is 21.2. The monoisotopic (exact) mass is 414 g/mol. The molecular formula is C28H30O3. The first-order valence-corrected chi connectivity index (χ1v) is 11.0. The van der Waals surface area contributed by atoms with E-state index in [-0.39, 0.29) is 6.10 Å². The molecule has 1 aliphatic heterocycles. The number of carbonyl (C=O) groups excluding carboxylic acids is 1. The van der Waals surface area contributed by atoms with Crippen molar-refractivity contribution in [2.45, 2.75) is 59.2 Å². The summed E-state index contributed by atoms with van der Waals surface area (Å²) in [6.45, 7) is 11.4. The van der Waals surface area contributed by atoms with Crippen molar-refractivity contribution < 1.29 is 14.3 Å². The van der Waals surface area contributed by atoms with Crippen LogP contribution in [0.1, 0.15) is 85.2 Å². The molecule has 0 bridgehead atoms. The van der Waals surface area contributed by atoms with Crippen LogP contribution in [-0.2, 0) is 6.61 Å². The zero-order valence-corrected chi connectivity index (χ0v) is 18.9. The van der Waals surface area contributed by atoms with Crippen molar-refractivity contribution in [2.24, 2.45) is 0 Å². The van der Waals surface area contributed by atoms with Crippen LogP contribution in [0, 0.1) is 0 Å². The Morgan fingerprint density at radius 2 is 1.68 bits per heavy atom. The van der Waals surface area contributed by atoms with Crippen LogP contribution < -0.4 is 9.47 Å². The van der Waals surface area contributed by atoms with Crippen LogP contribution in [0.25, 0.3) is 11.1 Å². The summed E-state index contributed by atoms with van der Waals surface area (Å²) in [5.41, 5.74) is 7.24. The van der Waals surface area contributed by atoms with Crippen LogP contribution in [-0.4, -0.2) is 6.29 Å². The number of hydrogen-bond acceptors (Lipinski definition) is 3. The van der Waals surface area contributed by atoms with Gasteiger partial charge in [0.2, 0.25) is 0 Å². The fraction of sp³-hybridized carbons (Fsp3) is 0.321. The van der Waals surface area contributed by atoms with E-state index in [4.69, 9.17) is 9.47 Å². The summed E-state index contributed by atoms with van der Waals surface area (Å²) in [4.78, 5) is 11.9. The first-order valence-electron chi connectivity index (χ1n) is 11.0. The Morgan fingerprint density at radius 3 is 2.39 bits per heavy atom. The molecule has 0 saturated heterocycles. The molecule has 3 aromatic carbocycles. The van der Waals surface area contributed by atoms with Gasteiger partial charge in [-0.3, -0.25) is 4.79 Å². The molecule has 1 heterocycles. The Bertz CT molecular complexity index is 1110. The van der Waals surface area contributed by atoms with Gasteiger partial charge in [-0.05, 0) is 53.1 Å². The molecule has 0 aromatic heterocycles. The average molecular weight is 415 g/mol. The number of aldehydes is 1. The van der Waals surface area contributed by atoms with E-state index < -0.39 is 0 Å². The molecule has 0 radical (unpaired) electrons. The quantitative estimate of drug-likeness (QED) is 0.418. The topological polar surface area (TPSA) is 35.5 Å². The van der Waals surface area contributed by atoms with E-state index in [1.165, 1.54) is 16.7 Å². The van der Waals surface area contributed by atoms with E-state index in [0.717, 1.165) is 28.7 Å². The third-order valence-corrected chi connectivity index (χ3v) is 6.08. The van der Waals surface area contributed by atoms with Crippen molar-refractivity contribution >= 4 is 6.29 Å². The van der Waals surface area contributed by atoms with Gasteiger partial charge < -0.3 is 9.47 Å². The molecule has 0 fully saturated rings. The summed E-state index contributed by atoms with van der Waals surface area (Å²) < 4.78 is 13.0. The van der Waals surface area contributed by atoms with Gasteiger partial charge in [-0.15, -0.1) is 0 Å². The Morgan fingerprint density at radius 1 is 0.935 bits per heavy atom. The van der Waals surface area contributed by atoms with E-state index in [1.54, 1.807) is 6.07 Å². The lowest BCUT2D eigenvalue weighted by Gasteiger charge is -2.28. The van der Waals surface area contributed by atoms with E-state index in [2.05, 4.69) is 46.8 Å². The molecule has 1 aliphatic rings. The average Bonchev–Trinajstić information content (AvgIpc) is 2.77. The van der Waals surface area contributed by atoms with Gasteiger partial charge in [-0.2, -0.15) is 0 Å². The van der Waals surface area contributed by atoms with Crippen molar-refractivity contribution in [3.8, 4) is 22.6 Å². The summed E-state index contributed by atoms with van der Waals surface area (Å²) in [7, 11) is 0. The summed E-state index contributed by atoms with van der Waals surface area (Å²) in [6.07, 6.45) is 0.645. The maximum Gasteiger partial charge on any atom is 0.153 e. The molecule has 0 amide bonds. The third kappa shape index (κ3) is 3.97. The normalized spacial score (nSPS) is 15.4. The minimum absolute atomic E-state index is 0.222. The Balaban J connectivity index is 1.99. The van der Waals surface area contributed by atoms with Gasteiger partial charge in [-0.1, -0.05) is 70.2 Å². The minimum atomic E-state index is -0.222. The standard InChI is InChI=1S/C28H30O3/c1-17(2)21-13-24(18(3)4)26-16-30-27-12-7-6-10-22(27)23-11-8-9-20(15-29)28(23)31-19(5)25(26)14-21/h6-15,17-19H,16H2,1-5H3. The van der Waals surface area contributed by atoms with Gasteiger partial charge in [0.25, 0.3) is 0 Å². The molecule has 4 rings (SSSR count). The number of fused-ring (bicyclic) bond motifs is 4. The van der Waals surface area contributed by atoms with Gasteiger partial charge in [0, 0.05) is 11.1 Å². The molecular weight excluding hydrogens is 384 g/mol. The molecule has 3 aromatic rings. The summed E-state index contributed by atoms with van der Waals surface area (Å²) in [5.74, 6) is 2.16. The van der Waals surface area contributed by atoms with Crippen molar-refractivity contribution in [1.29, 1.82) is 0 Å². The molecule has 1 atom stereocenters. The van der Waals surface area contributed by atoms with Crippen LogP contribution in [0.5, 0.6) is 11.5 Å². The lowest BCUT2D eigenvalue weighted by Crippen LogP contribution is -2.15. The number of benzene rings is 3. The van der Waals surface area contributed by atoms with Gasteiger partial charge in [-0.25, -0.2) is 0 Å². The Hall–Kier alpha value is -3.07. The number of rotatable bonds is 3. The lowest BCUT2D eigenvalue weighted by molar-refractivity contribution is 0.111. The molecule has 0 saturated carbocycles. The van der Waals surface area contributed by atoms with Crippen molar-refractivity contribution in [3.05, 3.63) is 82.4 Å². The zero-order chi connectivity index (χ0) is 22.1. The molecule has 31 heavy (non-hydrogen) atoms. The van der Waals surface area contributed by atoms with Gasteiger partial charge >= 0.3 is 0 Å². The highest BCUT2D eigenvalue weighted by molar-refractivity contribution is 5.87.